The molecule has 110 valence electrons. The molecular formula is C15H15Cl2N3S. The number of nitrogens with one attached hydrogen (secondary N) is 1. The van der Waals surface area contributed by atoms with Gasteiger partial charge in [-0.05, 0) is 25.2 Å². The highest BCUT2D eigenvalue weighted by Gasteiger charge is 2.19. The Bertz CT molecular complexity index is 778. The summed E-state index contributed by atoms with van der Waals surface area (Å²) in [4.78, 5) is 4.71. The van der Waals surface area contributed by atoms with Crippen LogP contribution in [0.1, 0.15) is 17.4 Å². The van der Waals surface area contributed by atoms with Crippen LogP contribution in [-0.4, -0.2) is 16.6 Å². The van der Waals surface area contributed by atoms with Crippen LogP contribution < -0.4 is 5.32 Å². The van der Waals surface area contributed by atoms with Gasteiger partial charge < -0.3 is 9.88 Å². The number of likely N-dealkylation sites (N-methyl/N-ethyl adjacent to an activating group) is 1. The summed E-state index contributed by atoms with van der Waals surface area (Å²) in [5.74, 6) is 1.02. The highest BCUT2D eigenvalue weighted by molar-refractivity contribution is 7.20. The van der Waals surface area contributed by atoms with Crippen LogP contribution in [0.25, 0.3) is 11.0 Å². The molecule has 3 rings (SSSR count). The van der Waals surface area contributed by atoms with Crippen LogP contribution in [0, 0.1) is 0 Å². The van der Waals surface area contributed by atoms with Gasteiger partial charge in [-0.2, -0.15) is 0 Å². The Morgan fingerprint density at radius 3 is 2.71 bits per heavy atom. The molecule has 0 aliphatic carbocycles. The van der Waals surface area contributed by atoms with Crippen LogP contribution >= 0.6 is 34.5 Å². The third kappa shape index (κ3) is 2.81. The number of imidazole rings is 1. The molecule has 0 aliphatic rings. The van der Waals surface area contributed by atoms with E-state index in [9.17, 15) is 0 Å². The number of nitrogens with zero attached hydrogens (tertiary/aromatic N) is 2. The van der Waals surface area contributed by atoms with Gasteiger partial charge in [0.2, 0.25) is 0 Å². The van der Waals surface area contributed by atoms with E-state index in [0.717, 1.165) is 33.2 Å². The van der Waals surface area contributed by atoms with Gasteiger partial charge in [-0.15, -0.1) is 11.3 Å². The molecule has 0 spiro atoms. The van der Waals surface area contributed by atoms with Crippen molar-refractivity contribution in [3.63, 3.8) is 0 Å². The van der Waals surface area contributed by atoms with E-state index in [1.807, 2.05) is 38.4 Å². The number of hydrogen-bond acceptors (Lipinski definition) is 3. The number of aromatic nitrogens is 2. The molecule has 0 saturated heterocycles. The Morgan fingerprint density at radius 2 is 2.10 bits per heavy atom. The maximum atomic E-state index is 6.27. The van der Waals surface area contributed by atoms with Crippen molar-refractivity contribution in [2.75, 3.05) is 7.05 Å². The lowest BCUT2D eigenvalue weighted by Crippen LogP contribution is -2.20. The smallest absolute Gasteiger partial charge is 0.111 e. The summed E-state index contributed by atoms with van der Waals surface area (Å²) in [6.07, 6.45) is 0.758. The van der Waals surface area contributed by atoms with Gasteiger partial charge >= 0.3 is 0 Å². The molecule has 0 aliphatic heterocycles. The minimum Gasteiger partial charge on any atom is -0.331 e. The molecule has 0 bridgehead atoms. The van der Waals surface area contributed by atoms with Crippen LogP contribution in [0.15, 0.2) is 30.3 Å². The van der Waals surface area contributed by atoms with E-state index in [2.05, 4.69) is 16.0 Å². The molecule has 0 fully saturated rings. The van der Waals surface area contributed by atoms with Crippen LogP contribution in [0.4, 0.5) is 0 Å². The Hall–Kier alpha value is -1.07. The molecule has 3 nitrogen and oxygen atoms in total. The predicted octanol–water partition coefficient (Wildman–Crippen LogP) is 4.44. The van der Waals surface area contributed by atoms with Crippen LogP contribution in [-0.2, 0) is 13.5 Å². The summed E-state index contributed by atoms with van der Waals surface area (Å²) in [5.41, 5.74) is 3.18. The number of rotatable bonds is 4. The van der Waals surface area contributed by atoms with Gasteiger partial charge in [0.25, 0.3) is 0 Å². The van der Waals surface area contributed by atoms with Crippen LogP contribution in [0.2, 0.25) is 8.67 Å². The SMILES string of the molecule is CNC(Cc1nc2ccccc2n1C)c1cc(Cl)sc1Cl. The summed E-state index contributed by atoms with van der Waals surface area (Å²) in [7, 11) is 3.97. The Kier molecular flexibility index (Phi) is 4.22. The normalized spacial score (nSPS) is 13.0. The first-order valence-electron chi connectivity index (χ1n) is 6.62. The number of hydrogen-bond donors (Lipinski definition) is 1. The number of fused-ring (bicyclic) bond motifs is 1. The highest BCUT2D eigenvalue weighted by Crippen LogP contribution is 2.36. The first-order valence-corrected chi connectivity index (χ1v) is 8.19. The third-order valence-corrected chi connectivity index (χ3v) is 5.19. The van der Waals surface area contributed by atoms with Gasteiger partial charge in [0, 0.05) is 25.1 Å². The zero-order chi connectivity index (χ0) is 15.0. The lowest BCUT2D eigenvalue weighted by molar-refractivity contribution is 0.567. The van der Waals surface area contributed by atoms with E-state index in [-0.39, 0.29) is 6.04 Å². The molecule has 21 heavy (non-hydrogen) atoms. The predicted molar refractivity (Wildman–Crippen MR) is 90.6 cm³/mol. The molecule has 3 aromatic rings. The zero-order valence-electron chi connectivity index (χ0n) is 11.7. The molecule has 6 heteroatoms. The minimum absolute atomic E-state index is 0.0942. The summed E-state index contributed by atoms with van der Waals surface area (Å²) in [6, 6.07) is 10.2. The third-order valence-electron chi connectivity index (χ3n) is 3.67. The summed E-state index contributed by atoms with van der Waals surface area (Å²) >= 11 is 13.7. The van der Waals surface area contributed by atoms with Crippen LogP contribution in [0.5, 0.6) is 0 Å². The fraction of sp³-hybridized carbons (Fsp3) is 0.267. The van der Waals surface area contributed by atoms with Gasteiger partial charge in [-0.25, -0.2) is 4.98 Å². The van der Waals surface area contributed by atoms with Crippen molar-refractivity contribution in [1.82, 2.24) is 14.9 Å². The molecule has 0 saturated carbocycles. The second kappa shape index (κ2) is 5.97. The topological polar surface area (TPSA) is 29.9 Å². The lowest BCUT2D eigenvalue weighted by Gasteiger charge is -2.15. The average molecular weight is 340 g/mol. The number of benzene rings is 1. The lowest BCUT2D eigenvalue weighted by atomic mass is 10.1. The summed E-state index contributed by atoms with van der Waals surface area (Å²) in [5, 5.41) is 3.30. The van der Waals surface area contributed by atoms with Crippen molar-refractivity contribution in [2.24, 2.45) is 7.05 Å². The molecular weight excluding hydrogens is 325 g/mol. The molecule has 0 radical (unpaired) electrons. The zero-order valence-corrected chi connectivity index (χ0v) is 14.1. The maximum absolute atomic E-state index is 6.27. The van der Waals surface area contributed by atoms with Crippen molar-refractivity contribution in [3.05, 3.63) is 50.4 Å². The molecule has 0 amide bonds. The van der Waals surface area contributed by atoms with Crippen molar-refractivity contribution >= 4 is 45.6 Å². The molecule has 1 unspecified atom stereocenters. The van der Waals surface area contributed by atoms with Gasteiger partial charge in [0.1, 0.15) is 5.82 Å². The van der Waals surface area contributed by atoms with Crippen molar-refractivity contribution in [1.29, 1.82) is 0 Å². The van der Waals surface area contributed by atoms with Gasteiger partial charge in [0.05, 0.1) is 19.7 Å². The van der Waals surface area contributed by atoms with Gasteiger partial charge in [-0.3, -0.25) is 0 Å². The summed E-state index contributed by atoms with van der Waals surface area (Å²) in [6.45, 7) is 0. The monoisotopic (exact) mass is 339 g/mol. The first-order chi connectivity index (χ1) is 10.1. The van der Waals surface area contributed by atoms with Crippen LogP contribution in [0.3, 0.4) is 0 Å². The van der Waals surface area contributed by atoms with Crippen molar-refractivity contribution in [3.8, 4) is 0 Å². The van der Waals surface area contributed by atoms with E-state index in [1.165, 1.54) is 11.3 Å². The Morgan fingerprint density at radius 1 is 1.33 bits per heavy atom. The van der Waals surface area contributed by atoms with E-state index in [4.69, 9.17) is 28.2 Å². The summed E-state index contributed by atoms with van der Waals surface area (Å²) < 4.78 is 3.57. The van der Waals surface area contributed by atoms with Gasteiger partial charge in [-0.1, -0.05) is 35.3 Å². The minimum atomic E-state index is 0.0942. The molecule has 1 aromatic carbocycles. The Balaban J connectivity index is 1.96. The Labute approximate surface area is 137 Å². The maximum Gasteiger partial charge on any atom is 0.111 e. The van der Waals surface area contributed by atoms with E-state index in [1.54, 1.807) is 0 Å². The standard InChI is InChI=1S/C15H15Cl2N3S/c1-18-11(9-7-13(16)21-15(9)17)8-14-19-10-5-3-4-6-12(10)20(14)2/h3-7,11,18H,8H2,1-2H3. The quantitative estimate of drug-likeness (QED) is 0.761. The number of para-hydroxylation sites is 2. The average Bonchev–Trinajstić information content (AvgIpc) is 2.97. The van der Waals surface area contributed by atoms with Gasteiger partial charge in [0.15, 0.2) is 0 Å². The number of thiophene rings is 1. The molecule has 1 atom stereocenters. The fourth-order valence-electron chi connectivity index (χ4n) is 2.52. The van der Waals surface area contributed by atoms with Crippen molar-refractivity contribution in [2.45, 2.75) is 12.5 Å². The fourth-order valence-corrected chi connectivity index (χ4v) is 4.10. The number of aryl methyl sites for hydroxylation is 1. The second-order valence-corrected chi connectivity index (χ2v) is 7.19. The molecule has 1 N–H and O–H groups in total. The highest BCUT2D eigenvalue weighted by atomic mass is 35.5. The van der Waals surface area contributed by atoms with Crippen molar-refractivity contribution < 1.29 is 0 Å². The van der Waals surface area contributed by atoms with E-state index < -0.39 is 0 Å². The second-order valence-electron chi connectivity index (χ2n) is 4.90. The first kappa shape index (κ1) is 14.9. The molecule has 2 heterocycles. The number of halogens is 2. The van der Waals surface area contributed by atoms with E-state index in [0.29, 0.717) is 4.34 Å². The molecule has 2 aromatic heterocycles. The largest absolute Gasteiger partial charge is 0.331 e. The van der Waals surface area contributed by atoms with E-state index >= 15 is 0 Å².